The van der Waals surface area contributed by atoms with Crippen LogP contribution in [0, 0.1) is 0 Å². The minimum Gasteiger partial charge on any atom is -0.457 e. The normalized spacial score (nSPS) is 22.8. The number of unbranched alkanes of at least 4 members (excludes halogenated alkanes) is 16. The number of carbonyl (C=O) groups excluding carboxylic acids is 1. The fourth-order valence-corrected chi connectivity index (χ4v) is 5.83. The van der Waals surface area contributed by atoms with Crippen molar-refractivity contribution in [2.75, 3.05) is 26.4 Å². The van der Waals surface area contributed by atoms with Crippen LogP contribution in [0.5, 0.6) is 0 Å². The second kappa shape index (κ2) is 26.1. The Morgan fingerprint density at radius 3 is 1.78 bits per heavy atom. The summed E-state index contributed by atoms with van der Waals surface area (Å²) in [5, 5.41) is 30.4. The van der Waals surface area contributed by atoms with Crippen molar-refractivity contribution in [1.82, 2.24) is 0 Å². The van der Waals surface area contributed by atoms with E-state index in [4.69, 9.17) is 23.5 Å². The smallest absolute Gasteiger partial charge is 0.397 e. The SMILES string of the molecule is CCCCCCCCCCCCOCC(COC1OC(CO)C(O)C(OS(=O)(=O)O)C1O)OC(=O)CCCCCCCCCC. The minimum absolute atomic E-state index is 0.0421. The molecule has 45 heavy (non-hydrogen) atoms. The highest BCUT2D eigenvalue weighted by molar-refractivity contribution is 7.80. The Balaban J connectivity index is 2.57. The minimum atomic E-state index is -5.04. The van der Waals surface area contributed by atoms with Gasteiger partial charge in [0.1, 0.15) is 30.5 Å². The molecule has 6 unspecified atom stereocenters. The van der Waals surface area contributed by atoms with Crippen molar-refractivity contribution in [2.24, 2.45) is 0 Å². The van der Waals surface area contributed by atoms with Crippen molar-refractivity contribution >= 4 is 16.4 Å². The molecule has 1 aliphatic rings. The molecule has 0 aliphatic carbocycles. The Kier molecular flexibility index (Phi) is 24.4. The van der Waals surface area contributed by atoms with Gasteiger partial charge in [0.15, 0.2) is 6.29 Å². The van der Waals surface area contributed by atoms with Crippen molar-refractivity contribution in [1.29, 1.82) is 0 Å². The summed E-state index contributed by atoms with van der Waals surface area (Å²) < 4.78 is 58.4. The van der Waals surface area contributed by atoms with E-state index in [-0.39, 0.29) is 19.6 Å². The molecule has 0 spiro atoms. The molecule has 0 radical (unpaired) electrons. The number of aliphatic hydroxyl groups is 3. The van der Waals surface area contributed by atoms with Gasteiger partial charge in [0.05, 0.1) is 19.8 Å². The number of hydrogen-bond donors (Lipinski definition) is 4. The van der Waals surface area contributed by atoms with Gasteiger partial charge in [0, 0.05) is 13.0 Å². The molecular weight excluding hydrogens is 608 g/mol. The second-order valence-corrected chi connectivity index (χ2v) is 13.2. The Labute approximate surface area is 271 Å². The van der Waals surface area contributed by atoms with Crippen LogP contribution in [-0.4, -0.2) is 97.5 Å². The predicted octanol–water partition coefficient (Wildman–Crippen LogP) is 5.01. The van der Waals surface area contributed by atoms with Crippen LogP contribution in [-0.2, 0) is 38.3 Å². The number of aliphatic hydroxyl groups excluding tert-OH is 3. The van der Waals surface area contributed by atoms with Crippen LogP contribution in [0.1, 0.15) is 136 Å². The maximum atomic E-state index is 12.6. The van der Waals surface area contributed by atoms with Gasteiger partial charge in [-0.2, -0.15) is 8.42 Å². The van der Waals surface area contributed by atoms with E-state index in [1.807, 2.05) is 0 Å². The Bertz CT molecular complexity index is 827. The highest BCUT2D eigenvalue weighted by Crippen LogP contribution is 2.26. The molecule has 13 heteroatoms. The maximum Gasteiger partial charge on any atom is 0.397 e. The van der Waals surface area contributed by atoms with E-state index in [1.165, 1.54) is 70.6 Å². The zero-order chi connectivity index (χ0) is 33.3. The van der Waals surface area contributed by atoms with Crippen LogP contribution in [0.25, 0.3) is 0 Å². The lowest BCUT2D eigenvalue weighted by Crippen LogP contribution is -2.60. The van der Waals surface area contributed by atoms with Gasteiger partial charge in [0.2, 0.25) is 0 Å². The lowest BCUT2D eigenvalue weighted by Gasteiger charge is -2.41. The fraction of sp³-hybridized carbons (Fsp3) is 0.969. The summed E-state index contributed by atoms with van der Waals surface area (Å²) in [6.07, 6.45) is 11.7. The molecule has 1 aliphatic heterocycles. The van der Waals surface area contributed by atoms with Crippen LogP contribution in [0.15, 0.2) is 0 Å². The van der Waals surface area contributed by atoms with Crippen molar-refractivity contribution < 1.29 is 56.2 Å². The van der Waals surface area contributed by atoms with Crippen LogP contribution < -0.4 is 0 Å². The van der Waals surface area contributed by atoms with E-state index in [2.05, 4.69) is 18.0 Å². The number of ether oxygens (including phenoxy) is 4. The summed E-state index contributed by atoms with van der Waals surface area (Å²) in [5.74, 6) is -0.404. The molecule has 6 atom stereocenters. The third-order valence-electron chi connectivity index (χ3n) is 7.98. The van der Waals surface area contributed by atoms with Crippen LogP contribution >= 0.6 is 0 Å². The van der Waals surface area contributed by atoms with Crippen molar-refractivity contribution in [3.05, 3.63) is 0 Å². The monoisotopic (exact) mass is 670 g/mol. The molecular formula is C32H62O12S. The van der Waals surface area contributed by atoms with E-state index in [9.17, 15) is 28.5 Å². The number of esters is 1. The summed E-state index contributed by atoms with van der Waals surface area (Å²) >= 11 is 0. The second-order valence-electron chi connectivity index (χ2n) is 12.1. The zero-order valence-electron chi connectivity index (χ0n) is 27.7. The highest BCUT2D eigenvalue weighted by Gasteiger charge is 2.48. The van der Waals surface area contributed by atoms with E-state index in [0.717, 1.165) is 38.5 Å². The first kappa shape index (κ1) is 42.1. The van der Waals surface area contributed by atoms with Gasteiger partial charge in [-0.1, -0.05) is 117 Å². The summed E-state index contributed by atoms with van der Waals surface area (Å²) in [6.45, 7) is 3.92. The Morgan fingerprint density at radius 2 is 1.27 bits per heavy atom. The molecule has 0 bridgehead atoms. The zero-order valence-corrected chi connectivity index (χ0v) is 28.5. The summed E-state index contributed by atoms with van der Waals surface area (Å²) in [5.41, 5.74) is 0. The average molecular weight is 671 g/mol. The Hall–Kier alpha value is -0.900. The number of carbonyl (C=O) groups is 1. The summed E-state index contributed by atoms with van der Waals surface area (Å²) in [6, 6.07) is 0. The lowest BCUT2D eigenvalue weighted by molar-refractivity contribution is -0.301. The molecule has 1 saturated heterocycles. The fourth-order valence-electron chi connectivity index (χ4n) is 5.32. The first-order chi connectivity index (χ1) is 21.6. The molecule has 1 rings (SSSR count). The molecule has 0 saturated carbocycles. The first-order valence-corrected chi connectivity index (χ1v) is 18.7. The standard InChI is InChI=1S/C32H62O12S/c1-3-5-7-9-11-13-14-16-18-20-22-40-24-26(42-28(34)21-19-17-15-12-10-8-6-4-2)25-41-32-30(36)31(44-45(37,38)39)29(35)27(23-33)43-32/h26-27,29-33,35-36H,3-25H2,1-2H3,(H,37,38,39). The molecule has 0 amide bonds. The Morgan fingerprint density at radius 1 is 0.756 bits per heavy atom. The highest BCUT2D eigenvalue weighted by atomic mass is 32.3. The van der Waals surface area contributed by atoms with Gasteiger partial charge in [-0.05, 0) is 12.8 Å². The van der Waals surface area contributed by atoms with Crippen molar-refractivity contribution in [3.63, 3.8) is 0 Å². The van der Waals surface area contributed by atoms with Crippen molar-refractivity contribution in [3.8, 4) is 0 Å². The van der Waals surface area contributed by atoms with Gasteiger partial charge in [-0.25, -0.2) is 4.18 Å². The molecule has 12 nitrogen and oxygen atoms in total. The third kappa shape index (κ3) is 20.8. The molecule has 1 fully saturated rings. The third-order valence-corrected chi connectivity index (χ3v) is 8.44. The predicted molar refractivity (Wildman–Crippen MR) is 170 cm³/mol. The largest absolute Gasteiger partial charge is 0.457 e. The van der Waals surface area contributed by atoms with Gasteiger partial charge in [0.25, 0.3) is 0 Å². The van der Waals surface area contributed by atoms with Crippen LogP contribution in [0.2, 0.25) is 0 Å². The number of rotatable bonds is 29. The molecule has 4 N–H and O–H groups in total. The molecule has 268 valence electrons. The van der Waals surface area contributed by atoms with E-state index in [0.29, 0.717) is 13.0 Å². The van der Waals surface area contributed by atoms with Crippen LogP contribution in [0.3, 0.4) is 0 Å². The van der Waals surface area contributed by atoms with Gasteiger partial charge < -0.3 is 34.3 Å². The van der Waals surface area contributed by atoms with Gasteiger partial charge >= 0.3 is 16.4 Å². The summed E-state index contributed by atoms with van der Waals surface area (Å²) in [7, 11) is -5.04. The number of hydrogen-bond acceptors (Lipinski definition) is 11. The van der Waals surface area contributed by atoms with E-state index < -0.39 is 59.8 Å². The van der Waals surface area contributed by atoms with Crippen molar-refractivity contribution in [2.45, 2.75) is 173 Å². The topological polar surface area (TPSA) is 178 Å². The molecule has 1 heterocycles. The molecule has 0 aromatic carbocycles. The van der Waals surface area contributed by atoms with Crippen LogP contribution in [0.4, 0.5) is 0 Å². The summed E-state index contributed by atoms with van der Waals surface area (Å²) in [4.78, 5) is 12.6. The first-order valence-electron chi connectivity index (χ1n) is 17.3. The van der Waals surface area contributed by atoms with Gasteiger partial charge in [-0.15, -0.1) is 0 Å². The van der Waals surface area contributed by atoms with E-state index >= 15 is 0 Å². The lowest BCUT2D eigenvalue weighted by atomic mass is 9.99. The molecule has 0 aromatic rings. The average Bonchev–Trinajstić information content (AvgIpc) is 3.00. The molecule has 0 aromatic heterocycles. The quantitative estimate of drug-likeness (QED) is 0.0476. The maximum absolute atomic E-state index is 12.6. The van der Waals surface area contributed by atoms with Gasteiger partial charge in [-0.3, -0.25) is 9.35 Å². The van der Waals surface area contributed by atoms with E-state index in [1.54, 1.807) is 0 Å².